The van der Waals surface area contributed by atoms with Crippen LogP contribution in [0.15, 0.2) is 22.6 Å². The maximum absolute atomic E-state index is 5.93. The molecule has 1 atom stereocenters. The number of ether oxygens (including phenoxy) is 3. The summed E-state index contributed by atoms with van der Waals surface area (Å²) in [6.07, 6.45) is 1.46. The molecule has 134 valence electrons. The predicted molar refractivity (Wildman–Crippen MR) is 89.7 cm³/mol. The lowest BCUT2D eigenvalue weighted by Crippen LogP contribution is -2.38. The van der Waals surface area contributed by atoms with Gasteiger partial charge in [-0.1, -0.05) is 19.1 Å². The third kappa shape index (κ3) is 3.62. The first-order valence-corrected chi connectivity index (χ1v) is 8.87. The summed E-state index contributed by atoms with van der Waals surface area (Å²) in [4.78, 5) is 2.33. The van der Waals surface area contributed by atoms with Gasteiger partial charge in [-0.25, -0.2) is 0 Å². The standard InChI is InChI=1S/C18H23N3O4/c1-2-16-19-20-18(25-16)15-12-21(7-10-23-15)11-13-5-3-6-14-17(13)24-9-4-8-22-14/h3,5-6,15H,2,4,7-12H2,1H3/t15-/m1/s1. The molecular formula is C18H23N3O4. The minimum Gasteiger partial charge on any atom is -0.490 e. The molecule has 0 amide bonds. The molecule has 0 bridgehead atoms. The normalized spacial score (nSPS) is 21.1. The average Bonchev–Trinajstić information content (AvgIpc) is 3.00. The largest absolute Gasteiger partial charge is 0.490 e. The first-order valence-electron chi connectivity index (χ1n) is 8.87. The van der Waals surface area contributed by atoms with Gasteiger partial charge >= 0.3 is 0 Å². The zero-order valence-electron chi connectivity index (χ0n) is 14.4. The fourth-order valence-electron chi connectivity index (χ4n) is 3.15. The Morgan fingerprint density at radius 2 is 2.08 bits per heavy atom. The van der Waals surface area contributed by atoms with Gasteiger partial charge in [0.25, 0.3) is 0 Å². The van der Waals surface area contributed by atoms with Gasteiger partial charge in [0.15, 0.2) is 11.5 Å². The Kier molecular flexibility index (Phi) is 4.85. The van der Waals surface area contributed by atoms with Crippen molar-refractivity contribution >= 4 is 0 Å². The van der Waals surface area contributed by atoms with Gasteiger partial charge in [-0.3, -0.25) is 4.90 Å². The van der Waals surface area contributed by atoms with Crippen LogP contribution < -0.4 is 9.47 Å². The van der Waals surface area contributed by atoms with Crippen LogP contribution in [0.1, 0.15) is 36.8 Å². The summed E-state index contributed by atoms with van der Waals surface area (Å²) < 4.78 is 23.2. The van der Waals surface area contributed by atoms with Crippen molar-refractivity contribution in [2.45, 2.75) is 32.4 Å². The highest BCUT2D eigenvalue weighted by molar-refractivity contribution is 5.47. The minimum atomic E-state index is -0.180. The van der Waals surface area contributed by atoms with Gasteiger partial charge < -0.3 is 18.6 Å². The van der Waals surface area contributed by atoms with Crippen LogP contribution in [-0.2, 0) is 17.7 Å². The molecule has 1 saturated heterocycles. The summed E-state index contributed by atoms with van der Waals surface area (Å²) in [6.45, 7) is 6.38. The lowest BCUT2D eigenvalue weighted by Gasteiger charge is -2.31. The number of para-hydroxylation sites is 1. The van der Waals surface area contributed by atoms with Crippen molar-refractivity contribution in [1.29, 1.82) is 0 Å². The fraction of sp³-hybridized carbons (Fsp3) is 0.556. The second-order valence-electron chi connectivity index (χ2n) is 6.28. The zero-order chi connectivity index (χ0) is 17.1. The fourth-order valence-corrected chi connectivity index (χ4v) is 3.15. The van der Waals surface area contributed by atoms with Crippen molar-refractivity contribution < 1.29 is 18.6 Å². The number of morpholine rings is 1. The molecular weight excluding hydrogens is 322 g/mol. The van der Waals surface area contributed by atoms with Gasteiger partial charge in [-0.15, -0.1) is 10.2 Å². The maximum Gasteiger partial charge on any atom is 0.246 e. The molecule has 7 nitrogen and oxygen atoms in total. The van der Waals surface area contributed by atoms with E-state index in [0.717, 1.165) is 49.5 Å². The van der Waals surface area contributed by atoms with E-state index in [1.807, 2.05) is 19.1 Å². The predicted octanol–water partition coefficient (Wildman–Crippen LogP) is 2.37. The van der Waals surface area contributed by atoms with Crippen LogP contribution in [0.4, 0.5) is 0 Å². The number of aryl methyl sites for hydroxylation is 1. The van der Waals surface area contributed by atoms with Gasteiger partial charge in [-0.05, 0) is 6.07 Å². The monoisotopic (exact) mass is 345 g/mol. The molecule has 0 spiro atoms. The number of hydrogen-bond donors (Lipinski definition) is 0. The van der Waals surface area contributed by atoms with Crippen molar-refractivity contribution in [3.05, 3.63) is 35.5 Å². The second kappa shape index (κ2) is 7.41. The number of nitrogens with zero attached hydrogens (tertiary/aromatic N) is 3. The molecule has 1 fully saturated rings. The molecule has 4 rings (SSSR count). The Labute approximate surface area is 146 Å². The van der Waals surface area contributed by atoms with E-state index in [1.165, 1.54) is 0 Å². The van der Waals surface area contributed by atoms with Crippen LogP contribution >= 0.6 is 0 Å². The lowest BCUT2D eigenvalue weighted by molar-refractivity contribution is -0.0459. The number of fused-ring (bicyclic) bond motifs is 1. The van der Waals surface area contributed by atoms with E-state index in [9.17, 15) is 0 Å². The van der Waals surface area contributed by atoms with Crippen molar-refractivity contribution in [3.63, 3.8) is 0 Å². The molecule has 3 heterocycles. The van der Waals surface area contributed by atoms with Gasteiger partial charge in [0.2, 0.25) is 11.8 Å². The molecule has 0 saturated carbocycles. The van der Waals surface area contributed by atoms with Crippen LogP contribution in [0.2, 0.25) is 0 Å². The van der Waals surface area contributed by atoms with Crippen LogP contribution in [0, 0.1) is 0 Å². The Hall–Kier alpha value is -2.12. The first kappa shape index (κ1) is 16.4. The van der Waals surface area contributed by atoms with Crippen molar-refractivity contribution in [2.75, 3.05) is 32.9 Å². The molecule has 2 aromatic rings. The molecule has 0 radical (unpaired) electrons. The molecule has 0 aliphatic carbocycles. The Morgan fingerprint density at radius 3 is 2.96 bits per heavy atom. The summed E-state index contributed by atoms with van der Waals surface area (Å²) >= 11 is 0. The van der Waals surface area contributed by atoms with Crippen LogP contribution in [0.5, 0.6) is 11.5 Å². The summed E-state index contributed by atoms with van der Waals surface area (Å²) in [5.74, 6) is 2.92. The molecule has 0 unspecified atom stereocenters. The number of aromatic nitrogens is 2. The van der Waals surface area contributed by atoms with Crippen LogP contribution in [0.25, 0.3) is 0 Å². The number of rotatable bonds is 4. The summed E-state index contributed by atoms with van der Waals surface area (Å²) in [7, 11) is 0. The van der Waals surface area contributed by atoms with Crippen molar-refractivity contribution in [2.24, 2.45) is 0 Å². The van der Waals surface area contributed by atoms with E-state index in [2.05, 4.69) is 21.2 Å². The summed E-state index contributed by atoms with van der Waals surface area (Å²) in [6, 6.07) is 6.09. The topological polar surface area (TPSA) is 69.9 Å². The SMILES string of the molecule is CCc1nnc([C@H]2CN(Cc3cccc4c3OCCCO4)CCO2)o1. The second-order valence-corrected chi connectivity index (χ2v) is 6.28. The number of hydrogen-bond acceptors (Lipinski definition) is 7. The van der Waals surface area contributed by atoms with E-state index in [1.54, 1.807) is 0 Å². The van der Waals surface area contributed by atoms with Gasteiger partial charge in [-0.2, -0.15) is 0 Å². The first-order chi connectivity index (χ1) is 12.3. The highest BCUT2D eigenvalue weighted by Gasteiger charge is 2.27. The summed E-state index contributed by atoms with van der Waals surface area (Å²) in [5, 5.41) is 8.16. The minimum absolute atomic E-state index is 0.180. The molecule has 1 aromatic carbocycles. The van der Waals surface area contributed by atoms with Gasteiger partial charge in [0.05, 0.1) is 19.8 Å². The summed E-state index contributed by atoms with van der Waals surface area (Å²) in [5.41, 5.74) is 1.14. The molecule has 2 aliphatic heterocycles. The molecule has 2 aliphatic rings. The van der Waals surface area contributed by atoms with Gasteiger partial charge in [0, 0.05) is 38.0 Å². The lowest BCUT2D eigenvalue weighted by atomic mass is 10.1. The molecule has 0 N–H and O–H groups in total. The van der Waals surface area contributed by atoms with E-state index in [-0.39, 0.29) is 6.10 Å². The number of benzene rings is 1. The third-order valence-corrected chi connectivity index (χ3v) is 4.46. The smallest absolute Gasteiger partial charge is 0.246 e. The third-order valence-electron chi connectivity index (χ3n) is 4.46. The highest BCUT2D eigenvalue weighted by atomic mass is 16.5. The van der Waals surface area contributed by atoms with Gasteiger partial charge in [0.1, 0.15) is 6.10 Å². The Morgan fingerprint density at radius 1 is 1.16 bits per heavy atom. The Balaban J connectivity index is 1.47. The van der Waals surface area contributed by atoms with Crippen LogP contribution in [-0.4, -0.2) is 48.0 Å². The van der Waals surface area contributed by atoms with Crippen molar-refractivity contribution in [3.8, 4) is 11.5 Å². The molecule has 25 heavy (non-hydrogen) atoms. The van der Waals surface area contributed by atoms with Crippen LogP contribution in [0.3, 0.4) is 0 Å². The van der Waals surface area contributed by atoms with E-state index in [0.29, 0.717) is 31.6 Å². The molecule has 1 aromatic heterocycles. The maximum atomic E-state index is 5.93. The average molecular weight is 345 g/mol. The Bertz CT molecular complexity index is 718. The van der Waals surface area contributed by atoms with E-state index < -0.39 is 0 Å². The quantitative estimate of drug-likeness (QED) is 0.842. The van der Waals surface area contributed by atoms with E-state index in [4.69, 9.17) is 18.6 Å². The van der Waals surface area contributed by atoms with E-state index >= 15 is 0 Å². The van der Waals surface area contributed by atoms with Crippen molar-refractivity contribution in [1.82, 2.24) is 15.1 Å². The molecule has 7 heteroatoms. The highest BCUT2D eigenvalue weighted by Crippen LogP contribution is 2.34. The zero-order valence-corrected chi connectivity index (χ0v) is 14.4.